The quantitative estimate of drug-likeness (QED) is 0.681. The van der Waals surface area contributed by atoms with Crippen molar-refractivity contribution in [1.29, 1.82) is 0 Å². The molecule has 0 saturated heterocycles. The first-order valence-corrected chi connectivity index (χ1v) is 7.38. The minimum absolute atomic E-state index is 0.299. The number of amides is 1. The number of nitrogens with one attached hydrogen (secondary N) is 1. The van der Waals surface area contributed by atoms with Crippen LogP contribution in [0.2, 0.25) is 0 Å². The van der Waals surface area contributed by atoms with Crippen molar-refractivity contribution in [2.24, 2.45) is 5.73 Å². The Balaban J connectivity index is 1.81. The second kappa shape index (κ2) is 6.80. The van der Waals surface area contributed by atoms with Crippen molar-refractivity contribution in [1.82, 2.24) is 5.32 Å². The molecule has 1 saturated carbocycles. The molecule has 0 aliphatic heterocycles. The van der Waals surface area contributed by atoms with Crippen molar-refractivity contribution < 1.29 is 14.3 Å². The number of primary amides is 1. The van der Waals surface area contributed by atoms with E-state index in [4.69, 9.17) is 15.2 Å². The maximum Gasteiger partial charge on any atom is 0.237 e. The Morgan fingerprint density at radius 2 is 2.05 bits per heavy atom. The standard InChI is InChI=1S/C16H24N2O3/c1-16(15(17)19,18-12-8-9-12)10-5-11-21-14-7-4-3-6-13(14)20-2/h3-4,6-7,12,18H,5,8-11H2,1-2H3,(H2,17,19). The van der Waals surface area contributed by atoms with Gasteiger partial charge in [0, 0.05) is 6.04 Å². The Kier molecular flexibility index (Phi) is 5.07. The maximum absolute atomic E-state index is 11.6. The van der Waals surface area contributed by atoms with Crippen molar-refractivity contribution in [2.45, 2.75) is 44.2 Å². The van der Waals surface area contributed by atoms with Crippen LogP contribution < -0.4 is 20.5 Å². The second-order valence-electron chi connectivity index (χ2n) is 5.72. The van der Waals surface area contributed by atoms with Crippen LogP contribution in [0, 0.1) is 0 Å². The molecule has 5 nitrogen and oxygen atoms in total. The highest BCUT2D eigenvalue weighted by Crippen LogP contribution is 2.27. The van der Waals surface area contributed by atoms with Crippen LogP contribution in [0.25, 0.3) is 0 Å². The smallest absolute Gasteiger partial charge is 0.237 e. The predicted octanol–water partition coefficient (Wildman–Crippen LogP) is 1.85. The summed E-state index contributed by atoms with van der Waals surface area (Å²) in [4.78, 5) is 11.6. The summed E-state index contributed by atoms with van der Waals surface area (Å²) in [5.74, 6) is 1.13. The van der Waals surface area contributed by atoms with Crippen molar-refractivity contribution in [3.05, 3.63) is 24.3 Å². The molecule has 3 N–H and O–H groups in total. The summed E-state index contributed by atoms with van der Waals surface area (Å²) in [6.07, 6.45) is 3.66. The van der Waals surface area contributed by atoms with Gasteiger partial charge in [-0.05, 0) is 44.7 Å². The van der Waals surface area contributed by atoms with E-state index in [0.29, 0.717) is 24.8 Å². The molecular formula is C16H24N2O3. The van der Waals surface area contributed by atoms with E-state index in [1.165, 1.54) is 0 Å². The molecule has 1 fully saturated rings. The fourth-order valence-corrected chi connectivity index (χ4v) is 2.29. The lowest BCUT2D eigenvalue weighted by Crippen LogP contribution is -2.54. The molecule has 0 radical (unpaired) electrons. The van der Waals surface area contributed by atoms with E-state index in [9.17, 15) is 4.79 Å². The van der Waals surface area contributed by atoms with Gasteiger partial charge in [0.05, 0.1) is 19.3 Å². The summed E-state index contributed by atoms with van der Waals surface area (Å²) in [6.45, 7) is 2.40. The highest BCUT2D eigenvalue weighted by molar-refractivity contribution is 5.84. The highest BCUT2D eigenvalue weighted by atomic mass is 16.5. The van der Waals surface area contributed by atoms with Gasteiger partial charge in [-0.3, -0.25) is 4.79 Å². The zero-order chi connectivity index (χ0) is 15.3. The molecule has 1 amide bonds. The summed E-state index contributed by atoms with van der Waals surface area (Å²) in [7, 11) is 1.62. The van der Waals surface area contributed by atoms with E-state index in [2.05, 4.69) is 5.32 Å². The minimum atomic E-state index is -0.648. The predicted molar refractivity (Wildman–Crippen MR) is 81.5 cm³/mol. The number of methoxy groups -OCH3 is 1. The molecule has 1 atom stereocenters. The molecule has 2 rings (SSSR count). The Morgan fingerprint density at radius 1 is 1.38 bits per heavy atom. The zero-order valence-electron chi connectivity index (χ0n) is 12.7. The van der Waals surface area contributed by atoms with Crippen LogP contribution in [0.3, 0.4) is 0 Å². The van der Waals surface area contributed by atoms with Gasteiger partial charge in [-0.15, -0.1) is 0 Å². The summed E-state index contributed by atoms with van der Waals surface area (Å²) >= 11 is 0. The molecule has 1 aromatic carbocycles. The van der Waals surface area contributed by atoms with Gasteiger partial charge in [0.1, 0.15) is 0 Å². The number of carbonyl (C=O) groups is 1. The van der Waals surface area contributed by atoms with Crippen LogP contribution in [0.4, 0.5) is 0 Å². The van der Waals surface area contributed by atoms with Crippen molar-refractivity contribution >= 4 is 5.91 Å². The molecular weight excluding hydrogens is 268 g/mol. The van der Waals surface area contributed by atoms with Crippen LogP contribution in [-0.2, 0) is 4.79 Å². The summed E-state index contributed by atoms with van der Waals surface area (Å²) in [5.41, 5.74) is 4.88. The van der Waals surface area contributed by atoms with Crippen LogP contribution in [0.5, 0.6) is 11.5 Å². The van der Waals surface area contributed by atoms with Gasteiger partial charge in [0.15, 0.2) is 11.5 Å². The number of ether oxygens (including phenoxy) is 2. The van der Waals surface area contributed by atoms with E-state index in [-0.39, 0.29) is 5.91 Å². The lowest BCUT2D eigenvalue weighted by molar-refractivity contribution is -0.124. The molecule has 21 heavy (non-hydrogen) atoms. The molecule has 1 aromatic rings. The number of rotatable bonds is 9. The molecule has 1 aliphatic carbocycles. The number of benzene rings is 1. The molecule has 0 aromatic heterocycles. The van der Waals surface area contributed by atoms with Crippen LogP contribution in [0.15, 0.2) is 24.3 Å². The molecule has 0 spiro atoms. The minimum Gasteiger partial charge on any atom is -0.493 e. The van der Waals surface area contributed by atoms with E-state index in [1.54, 1.807) is 7.11 Å². The van der Waals surface area contributed by atoms with Gasteiger partial charge in [-0.1, -0.05) is 12.1 Å². The summed E-state index contributed by atoms with van der Waals surface area (Å²) in [5, 5.41) is 3.33. The summed E-state index contributed by atoms with van der Waals surface area (Å²) in [6, 6.07) is 7.97. The Labute approximate surface area is 125 Å². The Bertz CT molecular complexity index is 488. The third-order valence-corrected chi connectivity index (χ3v) is 3.79. The van der Waals surface area contributed by atoms with Gasteiger partial charge >= 0.3 is 0 Å². The molecule has 1 unspecified atom stereocenters. The molecule has 1 aliphatic rings. The number of hydrogen-bond donors (Lipinski definition) is 2. The summed E-state index contributed by atoms with van der Waals surface area (Å²) < 4.78 is 10.9. The van der Waals surface area contributed by atoms with Gasteiger partial charge in [-0.25, -0.2) is 0 Å². The average Bonchev–Trinajstić information content (AvgIpc) is 3.27. The van der Waals surface area contributed by atoms with Crippen molar-refractivity contribution in [3.63, 3.8) is 0 Å². The Morgan fingerprint density at radius 3 is 2.62 bits per heavy atom. The number of hydrogen-bond acceptors (Lipinski definition) is 4. The van der Waals surface area contributed by atoms with Crippen LogP contribution in [0.1, 0.15) is 32.6 Å². The topological polar surface area (TPSA) is 73.6 Å². The first kappa shape index (κ1) is 15.6. The van der Waals surface area contributed by atoms with Gasteiger partial charge < -0.3 is 20.5 Å². The SMILES string of the molecule is COc1ccccc1OCCCC(C)(NC1CC1)C(N)=O. The van der Waals surface area contributed by atoms with Gasteiger partial charge in [0.2, 0.25) is 5.91 Å². The first-order valence-electron chi connectivity index (χ1n) is 7.38. The van der Waals surface area contributed by atoms with Gasteiger partial charge in [0.25, 0.3) is 0 Å². The number of para-hydroxylation sites is 2. The van der Waals surface area contributed by atoms with E-state index < -0.39 is 5.54 Å². The first-order chi connectivity index (χ1) is 10.0. The average molecular weight is 292 g/mol. The third-order valence-electron chi connectivity index (χ3n) is 3.79. The van der Waals surface area contributed by atoms with E-state index in [1.807, 2.05) is 31.2 Å². The molecule has 5 heteroatoms. The highest BCUT2D eigenvalue weighted by Gasteiger charge is 2.36. The fraction of sp³-hybridized carbons (Fsp3) is 0.562. The number of carbonyl (C=O) groups excluding carboxylic acids is 1. The van der Waals surface area contributed by atoms with E-state index >= 15 is 0 Å². The van der Waals surface area contributed by atoms with Crippen molar-refractivity contribution in [2.75, 3.05) is 13.7 Å². The monoisotopic (exact) mass is 292 g/mol. The maximum atomic E-state index is 11.6. The normalized spacial score (nSPS) is 17.0. The Hall–Kier alpha value is -1.75. The van der Waals surface area contributed by atoms with E-state index in [0.717, 1.165) is 25.0 Å². The van der Waals surface area contributed by atoms with Crippen molar-refractivity contribution in [3.8, 4) is 11.5 Å². The van der Waals surface area contributed by atoms with Crippen LogP contribution >= 0.6 is 0 Å². The second-order valence-corrected chi connectivity index (χ2v) is 5.72. The lowest BCUT2D eigenvalue weighted by atomic mass is 9.95. The third kappa shape index (κ3) is 4.36. The largest absolute Gasteiger partial charge is 0.493 e. The lowest BCUT2D eigenvalue weighted by Gasteiger charge is -2.27. The van der Waals surface area contributed by atoms with Gasteiger partial charge in [-0.2, -0.15) is 0 Å². The fourth-order valence-electron chi connectivity index (χ4n) is 2.29. The molecule has 116 valence electrons. The number of nitrogens with two attached hydrogens (primary N) is 1. The van der Waals surface area contributed by atoms with Crippen LogP contribution in [-0.4, -0.2) is 31.2 Å². The molecule has 0 bridgehead atoms. The molecule has 0 heterocycles. The zero-order valence-corrected chi connectivity index (χ0v) is 12.7.